The molecule has 0 nitrogen and oxygen atoms in total. The van der Waals surface area contributed by atoms with Crippen LogP contribution in [0.3, 0.4) is 0 Å². The summed E-state index contributed by atoms with van der Waals surface area (Å²) in [5, 5.41) is 0. The van der Waals surface area contributed by atoms with Gasteiger partial charge in [0, 0.05) is 5.41 Å². The third-order valence-corrected chi connectivity index (χ3v) is 6.42. The Hall–Kier alpha value is -2.51. The van der Waals surface area contributed by atoms with Crippen molar-refractivity contribution in [2.45, 2.75) is 33.1 Å². The second kappa shape index (κ2) is 8.88. The smallest absolute Gasteiger partial charge is 0.0159 e. The number of aryl methyl sites for hydroxylation is 1. The van der Waals surface area contributed by atoms with Gasteiger partial charge in [-0.2, -0.15) is 0 Å². The van der Waals surface area contributed by atoms with Crippen molar-refractivity contribution >= 4 is 11.8 Å². The standard InChI is InChI=1S/C22H20.C6H10S/c1-15-11-13-16(14-12-15)17-8-6-10-20-21(17)18-7-4-5-9-19(18)22(20,2)3;1-4-5-6(2)7-3/h4-14H,1-3H3;4-5H,1H2,2-3H3/b;6-5+. The third-order valence-electron chi connectivity index (χ3n) is 5.64. The molecule has 29 heavy (non-hydrogen) atoms. The lowest BCUT2D eigenvalue weighted by atomic mass is 9.82. The van der Waals surface area contributed by atoms with E-state index in [9.17, 15) is 0 Å². The number of fused-ring (bicyclic) bond motifs is 3. The highest BCUT2D eigenvalue weighted by Crippen LogP contribution is 2.51. The van der Waals surface area contributed by atoms with Crippen LogP contribution in [0.5, 0.6) is 0 Å². The van der Waals surface area contributed by atoms with Crippen LogP contribution in [-0.2, 0) is 5.41 Å². The Bertz CT molecular complexity index is 1040. The normalized spacial score (nSPS) is 13.8. The molecule has 0 amide bonds. The Morgan fingerprint density at radius 3 is 2.10 bits per heavy atom. The van der Waals surface area contributed by atoms with E-state index in [1.54, 1.807) is 17.8 Å². The van der Waals surface area contributed by atoms with Gasteiger partial charge in [-0.25, -0.2) is 0 Å². The molecule has 0 saturated heterocycles. The van der Waals surface area contributed by atoms with Crippen LogP contribution >= 0.6 is 11.8 Å². The predicted octanol–water partition coefficient (Wildman–Crippen LogP) is 8.41. The molecule has 0 unspecified atom stereocenters. The highest BCUT2D eigenvalue weighted by Gasteiger charge is 2.36. The molecule has 0 heterocycles. The first-order valence-electron chi connectivity index (χ1n) is 10.0. The number of rotatable bonds is 3. The van der Waals surface area contributed by atoms with Crippen molar-refractivity contribution in [2.75, 3.05) is 6.26 Å². The zero-order valence-electron chi connectivity index (χ0n) is 18.1. The molecule has 0 saturated carbocycles. The Morgan fingerprint density at radius 1 is 0.862 bits per heavy atom. The van der Waals surface area contributed by atoms with Crippen molar-refractivity contribution in [3.05, 3.63) is 107 Å². The summed E-state index contributed by atoms with van der Waals surface area (Å²) in [4.78, 5) is 1.30. The molecule has 1 aliphatic rings. The highest BCUT2D eigenvalue weighted by molar-refractivity contribution is 8.02. The maximum atomic E-state index is 3.56. The minimum Gasteiger partial charge on any atom is -0.134 e. The molecule has 1 heteroatoms. The van der Waals surface area contributed by atoms with Crippen LogP contribution in [0.25, 0.3) is 22.3 Å². The molecule has 3 aromatic carbocycles. The molecule has 0 N–H and O–H groups in total. The van der Waals surface area contributed by atoms with Gasteiger partial charge in [-0.3, -0.25) is 0 Å². The summed E-state index contributed by atoms with van der Waals surface area (Å²) in [6.45, 7) is 12.4. The van der Waals surface area contributed by atoms with Crippen LogP contribution < -0.4 is 0 Å². The maximum absolute atomic E-state index is 3.56. The van der Waals surface area contributed by atoms with Crippen molar-refractivity contribution in [1.82, 2.24) is 0 Å². The average Bonchev–Trinajstić information content (AvgIpc) is 2.97. The largest absolute Gasteiger partial charge is 0.134 e. The molecule has 0 aliphatic heterocycles. The van der Waals surface area contributed by atoms with Crippen LogP contribution in [0.15, 0.2) is 90.4 Å². The Morgan fingerprint density at radius 2 is 1.48 bits per heavy atom. The molecule has 0 spiro atoms. The van der Waals surface area contributed by atoms with Crippen molar-refractivity contribution in [3.8, 4) is 22.3 Å². The van der Waals surface area contributed by atoms with Crippen molar-refractivity contribution in [3.63, 3.8) is 0 Å². The first kappa shape index (κ1) is 21.2. The quantitative estimate of drug-likeness (QED) is 0.399. The van der Waals surface area contributed by atoms with E-state index in [2.05, 4.69) is 107 Å². The Balaban J connectivity index is 0.000000298. The van der Waals surface area contributed by atoms with E-state index in [4.69, 9.17) is 0 Å². The predicted molar refractivity (Wildman–Crippen MR) is 132 cm³/mol. The third kappa shape index (κ3) is 4.26. The second-order valence-electron chi connectivity index (χ2n) is 7.98. The first-order valence-corrected chi connectivity index (χ1v) is 11.3. The van der Waals surface area contributed by atoms with E-state index in [-0.39, 0.29) is 5.41 Å². The monoisotopic (exact) mass is 398 g/mol. The first-order chi connectivity index (χ1) is 13.9. The average molecular weight is 399 g/mol. The SMILES string of the molecule is C=C/C=C(\C)SC.Cc1ccc(-c2cccc3c2-c2ccccc2C3(C)C)cc1. The molecule has 0 bridgehead atoms. The number of allylic oxidation sites excluding steroid dienone is 3. The van der Waals surface area contributed by atoms with E-state index in [1.165, 1.54) is 43.8 Å². The fourth-order valence-corrected chi connectivity index (χ4v) is 4.19. The van der Waals surface area contributed by atoms with Gasteiger partial charge in [0.25, 0.3) is 0 Å². The van der Waals surface area contributed by atoms with Gasteiger partial charge in [0.2, 0.25) is 0 Å². The summed E-state index contributed by atoms with van der Waals surface area (Å²) < 4.78 is 0. The molecule has 0 radical (unpaired) electrons. The molecular weight excluding hydrogens is 368 g/mol. The van der Waals surface area contributed by atoms with Crippen molar-refractivity contribution < 1.29 is 0 Å². The summed E-state index contributed by atoms with van der Waals surface area (Å²) in [6, 6.07) is 24.4. The van der Waals surface area contributed by atoms with E-state index in [1.807, 2.05) is 6.08 Å². The summed E-state index contributed by atoms with van der Waals surface area (Å²) in [5.74, 6) is 0. The lowest BCUT2D eigenvalue weighted by Crippen LogP contribution is -2.14. The van der Waals surface area contributed by atoms with Crippen LogP contribution in [-0.4, -0.2) is 6.26 Å². The zero-order valence-corrected chi connectivity index (χ0v) is 18.9. The van der Waals surface area contributed by atoms with Crippen LogP contribution in [0.4, 0.5) is 0 Å². The van der Waals surface area contributed by atoms with Gasteiger partial charge < -0.3 is 0 Å². The summed E-state index contributed by atoms with van der Waals surface area (Å²) >= 11 is 1.74. The molecule has 148 valence electrons. The van der Waals surface area contributed by atoms with Crippen LogP contribution in [0.2, 0.25) is 0 Å². The van der Waals surface area contributed by atoms with Gasteiger partial charge in [-0.1, -0.05) is 105 Å². The zero-order chi connectivity index (χ0) is 21.0. The number of hydrogen-bond donors (Lipinski definition) is 0. The van der Waals surface area contributed by atoms with Gasteiger partial charge in [-0.15, -0.1) is 11.8 Å². The van der Waals surface area contributed by atoms with E-state index in [0.29, 0.717) is 0 Å². The van der Waals surface area contributed by atoms with Crippen molar-refractivity contribution in [1.29, 1.82) is 0 Å². The molecule has 3 aromatic rings. The van der Waals surface area contributed by atoms with Crippen molar-refractivity contribution in [2.24, 2.45) is 0 Å². The lowest BCUT2D eigenvalue weighted by molar-refractivity contribution is 0.660. The topological polar surface area (TPSA) is 0 Å². The molecule has 0 atom stereocenters. The van der Waals surface area contributed by atoms with E-state index >= 15 is 0 Å². The number of hydrogen-bond acceptors (Lipinski definition) is 1. The van der Waals surface area contributed by atoms with Gasteiger partial charge in [0.05, 0.1) is 0 Å². The van der Waals surface area contributed by atoms with E-state index < -0.39 is 0 Å². The minimum atomic E-state index is 0.0760. The molecular formula is C28H30S. The lowest BCUT2D eigenvalue weighted by Gasteiger charge is -2.21. The second-order valence-corrected chi connectivity index (χ2v) is 9.03. The fourth-order valence-electron chi connectivity index (χ4n) is 3.96. The summed E-state index contributed by atoms with van der Waals surface area (Å²) in [5.41, 5.74) is 9.69. The minimum absolute atomic E-state index is 0.0760. The molecule has 1 aliphatic carbocycles. The molecule has 0 fully saturated rings. The van der Waals surface area contributed by atoms with Gasteiger partial charge in [-0.05, 0) is 58.4 Å². The van der Waals surface area contributed by atoms with E-state index in [0.717, 1.165) is 0 Å². The number of thioether (sulfide) groups is 1. The van der Waals surface area contributed by atoms with Gasteiger partial charge >= 0.3 is 0 Å². The fraction of sp³-hybridized carbons (Fsp3) is 0.214. The number of benzene rings is 3. The summed E-state index contributed by atoms with van der Waals surface area (Å²) in [7, 11) is 0. The Kier molecular flexibility index (Phi) is 6.49. The summed E-state index contributed by atoms with van der Waals surface area (Å²) in [6.07, 6.45) is 5.84. The van der Waals surface area contributed by atoms with Gasteiger partial charge in [0.15, 0.2) is 0 Å². The maximum Gasteiger partial charge on any atom is 0.0159 e. The van der Waals surface area contributed by atoms with Gasteiger partial charge in [0.1, 0.15) is 0 Å². The van der Waals surface area contributed by atoms with Crippen LogP contribution in [0, 0.1) is 6.92 Å². The molecule has 4 rings (SSSR count). The Labute approximate surface area is 180 Å². The highest BCUT2D eigenvalue weighted by atomic mass is 32.2. The molecule has 0 aromatic heterocycles. The van der Waals surface area contributed by atoms with Crippen LogP contribution in [0.1, 0.15) is 37.5 Å².